The number of benzene rings is 1. The van der Waals surface area contributed by atoms with Crippen molar-refractivity contribution in [3.63, 3.8) is 0 Å². The molecule has 0 saturated heterocycles. The minimum atomic E-state index is -0.253. The number of carbonyl (C=O) groups is 1. The van der Waals surface area contributed by atoms with Gasteiger partial charge in [-0.25, -0.2) is 4.98 Å². The van der Waals surface area contributed by atoms with Crippen molar-refractivity contribution in [2.24, 2.45) is 0 Å². The number of nitrogens with one attached hydrogen (secondary N) is 2. The van der Waals surface area contributed by atoms with Crippen LogP contribution in [-0.4, -0.2) is 18.0 Å². The summed E-state index contributed by atoms with van der Waals surface area (Å²) < 4.78 is 5.21. The van der Waals surface area contributed by atoms with E-state index < -0.39 is 0 Å². The molecule has 1 amide bonds. The van der Waals surface area contributed by atoms with Crippen LogP contribution in [-0.2, 0) is 12.8 Å². The van der Waals surface area contributed by atoms with Crippen LogP contribution in [0, 0.1) is 0 Å². The lowest BCUT2D eigenvalue weighted by Crippen LogP contribution is -2.37. The Morgan fingerprint density at radius 2 is 2.04 bits per heavy atom. The molecule has 3 aromatic rings. The van der Waals surface area contributed by atoms with Gasteiger partial charge in [0.1, 0.15) is 21.6 Å². The molecule has 3 heterocycles. The number of hydrogen-bond donors (Lipinski definition) is 2. The zero-order valence-corrected chi connectivity index (χ0v) is 14.6. The van der Waals surface area contributed by atoms with Crippen molar-refractivity contribution < 1.29 is 9.53 Å². The van der Waals surface area contributed by atoms with Crippen molar-refractivity contribution in [2.45, 2.75) is 25.4 Å². The first kappa shape index (κ1) is 14.7. The van der Waals surface area contributed by atoms with Crippen LogP contribution in [0.5, 0.6) is 5.75 Å². The average molecular weight is 351 g/mol. The number of thiophene rings is 1. The number of amides is 1. The molecule has 1 aromatic carbocycles. The van der Waals surface area contributed by atoms with E-state index in [0.717, 1.165) is 44.9 Å². The van der Waals surface area contributed by atoms with E-state index in [1.165, 1.54) is 29.0 Å². The van der Waals surface area contributed by atoms with Crippen molar-refractivity contribution >= 4 is 33.1 Å². The smallest absolute Gasteiger partial charge is 0.265 e. The highest BCUT2D eigenvalue weighted by Gasteiger charge is 2.30. The molecule has 25 heavy (non-hydrogen) atoms. The molecule has 1 unspecified atom stereocenters. The SMILES string of the molecule is COc1ccc(C2NC(=O)c3sc4nc5c(cc4c3N2)CCC5)cc1. The maximum Gasteiger partial charge on any atom is 0.265 e. The van der Waals surface area contributed by atoms with E-state index in [1.54, 1.807) is 7.11 Å². The van der Waals surface area contributed by atoms with Crippen LogP contribution in [0.15, 0.2) is 30.3 Å². The maximum absolute atomic E-state index is 12.6. The van der Waals surface area contributed by atoms with Crippen LogP contribution < -0.4 is 15.4 Å². The Bertz CT molecular complexity index is 994. The highest BCUT2D eigenvalue weighted by atomic mass is 32.1. The Hall–Kier alpha value is -2.60. The van der Waals surface area contributed by atoms with Crippen molar-refractivity contribution in [2.75, 3.05) is 12.4 Å². The summed E-state index contributed by atoms with van der Waals surface area (Å²) in [5, 5.41) is 7.59. The molecule has 5 rings (SSSR count). The summed E-state index contributed by atoms with van der Waals surface area (Å²) in [6, 6.07) is 9.95. The number of pyridine rings is 1. The summed E-state index contributed by atoms with van der Waals surface area (Å²) in [5.41, 5.74) is 4.42. The Morgan fingerprint density at radius 1 is 1.20 bits per heavy atom. The number of nitrogens with zero attached hydrogens (tertiary/aromatic N) is 1. The first-order chi connectivity index (χ1) is 12.2. The maximum atomic E-state index is 12.6. The molecule has 2 N–H and O–H groups in total. The minimum Gasteiger partial charge on any atom is -0.497 e. The molecule has 1 atom stereocenters. The van der Waals surface area contributed by atoms with Gasteiger partial charge in [-0.15, -0.1) is 11.3 Å². The van der Waals surface area contributed by atoms with Gasteiger partial charge in [0.05, 0.1) is 12.8 Å². The lowest BCUT2D eigenvalue weighted by Gasteiger charge is -2.26. The van der Waals surface area contributed by atoms with Crippen LogP contribution >= 0.6 is 11.3 Å². The van der Waals surface area contributed by atoms with E-state index in [9.17, 15) is 4.79 Å². The molecule has 5 nitrogen and oxygen atoms in total. The Morgan fingerprint density at radius 3 is 2.84 bits per heavy atom. The van der Waals surface area contributed by atoms with Crippen LogP contribution in [0.1, 0.15) is 39.1 Å². The normalized spacial score (nSPS) is 18.4. The number of rotatable bonds is 2. The third-order valence-electron chi connectivity index (χ3n) is 4.93. The Labute approximate surface area is 149 Å². The summed E-state index contributed by atoms with van der Waals surface area (Å²) >= 11 is 1.47. The summed E-state index contributed by atoms with van der Waals surface area (Å²) in [6.07, 6.45) is 3.04. The molecule has 2 aliphatic rings. The number of fused-ring (bicyclic) bond motifs is 4. The fourth-order valence-corrected chi connectivity index (χ4v) is 4.67. The van der Waals surface area contributed by atoms with Crippen molar-refractivity contribution in [3.8, 4) is 5.75 Å². The molecule has 0 radical (unpaired) electrons. The molecular weight excluding hydrogens is 334 g/mol. The van der Waals surface area contributed by atoms with Gasteiger partial charge in [0.15, 0.2) is 0 Å². The topological polar surface area (TPSA) is 63.2 Å². The lowest BCUT2D eigenvalue weighted by atomic mass is 10.1. The van der Waals surface area contributed by atoms with Gasteiger partial charge in [-0.05, 0) is 48.6 Å². The number of anilines is 1. The fraction of sp³-hybridized carbons (Fsp3) is 0.263. The molecule has 0 saturated carbocycles. The van der Waals surface area contributed by atoms with E-state index in [0.29, 0.717) is 0 Å². The Balaban J connectivity index is 1.57. The number of ether oxygens (including phenoxy) is 1. The monoisotopic (exact) mass is 351 g/mol. The Kier molecular flexibility index (Phi) is 3.21. The van der Waals surface area contributed by atoms with E-state index in [1.807, 2.05) is 24.3 Å². The number of aromatic nitrogens is 1. The molecule has 6 heteroatoms. The number of carbonyl (C=O) groups excluding carboxylic acids is 1. The predicted octanol–water partition coefficient (Wildman–Crippen LogP) is 3.65. The fourth-order valence-electron chi connectivity index (χ4n) is 3.62. The van der Waals surface area contributed by atoms with Crippen molar-refractivity contribution in [1.29, 1.82) is 0 Å². The van der Waals surface area contributed by atoms with Crippen LogP contribution in [0.3, 0.4) is 0 Å². The molecule has 0 spiro atoms. The van der Waals surface area contributed by atoms with Crippen molar-refractivity contribution in [1.82, 2.24) is 10.3 Å². The quantitative estimate of drug-likeness (QED) is 0.740. The first-order valence-corrected chi connectivity index (χ1v) is 9.21. The second-order valence-electron chi connectivity index (χ2n) is 6.43. The van der Waals surface area contributed by atoms with Gasteiger partial charge in [0, 0.05) is 11.1 Å². The van der Waals surface area contributed by atoms with Gasteiger partial charge in [-0.3, -0.25) is 4.79 Å². The van der Waals surface area contributed by atoms with Gasteiger partial charge in [-0.2, -0.15) is 0 Å². The largest absolute Gasteiger partial charge is 0.497 e. The predicted molar refractivity (Wildman–Crippen MR) is 98.5 cm³/mol. The van der Waals surface area contributed by atoms with E-state index in [2.05, 4.69) is 16.7 Å². The van der Waals surface area contributed by atoms with Gasteiger partial charge >= 0.3 is 0 Å². The molecule has 126 valence electrons. The second kappa shape index (κ2) is 5.46. The average Bonchev–Trinajstić information content (AvgIpc) is 3.24. The molecule has 1 aliphatic heterocycles. The second-order valence-corrected chi connectivity index (χ2v) is 7.43. The molecule has 1 aliphatic carbocycles. The molecule has 2 aromatic heterocycles. The number of methoxy groups -OCH3 is 1. The minimum absolute atomic E-state index is 0.0438. The summed E-state index contributed by atoms with van der Waals surface area (Å²) in [6.45, 7) is 0. The van der Waals surface area contributed by atoms with Gasteiger partial charge in [-0.1, -0.05) is 12.1 Å². The summed E-state index contributed by atoms with van der Waals surface area (Å²) in [4.78, 5) is 19.1. The van der Waals surface area contributed by atoms with E-state index >= 15 is 0 Å². The van der Waals surface area contributed by atoms with Crippen molar-refractivity contribution in [3.05, 3.63) is 52.0 Å². The first-order valence-electron chi connectivity index (χ1n) is 8.39. The third-order valence-corrected chi connectivity index (χ3v) is 6.03. The van der Waals surface area contributed by atoms with Gasteiger partial charge in [0.2, 0.25) is 0 Å². The van der Waals surface area contributed by atoms with Crippen LogP contribution in [0.25, 0.3) is 10.2 Å². The zero-order chi connectivity index (χ0) is 17.0. The van der Waals surface area contributed by atoms with Crippen LogP contribution in [0.4, 0.5) is 5.69 Å². The number of hydrogen-bond acceptors (Lipinski definition) is 5. The third kappa shape index (κ3) is 2.28. The van der Waals surface area contributed by atoms with E-state index in [-0.39, 0.29) is 12.1 Å². The highest BCUT2D eigenvalue weighted by Crippen LogP contribution is 2.41. The standard InChI is InChI=1S/C19H17N3O2S/c1-24-12-7-5-10(6-8-12)17-21-15-13-9-11-3-2-4-14(11)20-19(13)25-16(15)18(23)22-17/h5-9,17,21H,2-4H2,1H3,(H,22,23). The lowest BCUT2D eigenvalue weighted by molar-refractivity contribution is 0.0940. The molecule has 0 bridgehead atoms. The van der Waals surface area contributed by atoms with Gasteiger partial charge in [0.25, 0.3) is 5.91 Å². The summed E-state index contributed by atoms with van der Waals surface area (Å²) in [7, 11) is 1.64. The van der Waals surface area contributed by atoms with E-state index in [4.69, 9.17) is 9.72 Å². The van der Waals surface area contributed by atoms with Crippen LogP contribution in [0.2, 0.25) is 0 Å². The number of aryl methyl sites for hydroxylation is 2. The molecular formula is C19H17N3O2S. The van der Waals surface area contributed by atoms with Gasteiger partial charge < -0.3 is 15.4 Å². The summed E-state index contributed by atoms with van der Waals surface area (Å²) in [5.74, 6) is 0.755. The molecule has 0 fully saturated rings. The highest BCUT2D eigenvalue weighted by molar-refractivity contribution is 7.21. The zero-order valence-electron chi connectivity index (χ0n) is 13.8.